The topological polar surface area (TPSA) is 124 Å². The molecule has 1 aliphatic rings. The lowest BCUT2D eigenvalue weighted by Crippen LogP contribution is -2.48. The van der Waals surface area contributed by atoms with Crippen LogP contribution in [0.4, 0.5) is 11.7 Å². The standard InChI is InChI=1S/C28H27N5O6/c1-20(34)31-12-14-32(15-13-31)28-29-27(30-39-28)23-16-24(33(35)36)26(38-19-22-10-6-3-7-11-22)25(17-23)37-18-21-8-4-2-5-9-21/h2-11,16-17H,12-15,18-19H2,1H3. The van der Waals surface area contributed by atoms with Gasteiger partial charge in [-0.15, -0.1) is 0 Å². The number of anilines is 1. The molecule has 1 aliphatic heterocycles. The van der Waals surface area contributed by atoms with Crippen LogP contribution in [-0.2, 0) is 18.0 Å². The fourth-order valence-corrected chi connectivity index (χ4v) is 4.24. The Bertz CT molecular complexity index is 1440. The molecule has 3 aromatic carbocycles. The number of aromatic nitrogens is 2. The first-order valence-electron chi connectivity index (χ1n) is 12.5. The van der Waals surface area contributed by atoms with Gasteiger partial charge in [-0.3, -0.25) is 14.9 Å². The van der Waals surface area contributed by atoms with Crippen molar-refractivity contribution in [2.24, 2.45) is 0 Å². The zero-order valence-electron chi connectivity index (χ0n) is 21.4. The number of hydrogen-bond acceptors (Lipinski definition) is 9. The summed E-state index contributed by atoms with van der Waals surface area (Å²) < 4.78 is 17.5. The Morgan fingerprint density at radius 3 is 2.15 bits per heavy atom. The summed E-state index contributed by atoms with van der Waals surface area (Å²) in [6.07, 6.45) is 0. The molecule has 39 heavy (non-hydrogen) atoms. The van der Waals surface area contributed by atoms with E-state index in [2.05, 4.69) is 10.1 Å². The number of nitro groups is 1. The number of rotatable bonds is 9. The summed E-state index contributed by atoms with van der Waals surface area (Å²) in [6, 6.07) is 22.1. The van der Waals surface area contributed by atoms with Gasteiger partial charge in [0.2, 0.25) is 17.5 Å². The van der Waals surface area contributed by atoms with E-state index in [1.54, 1.807) is 11.0 Å². The molecule has 0 N–H and O–H groups in total. The lowest BCUT2D eigenvalue weighted by Gasteiger charge is -2.32. The van der Waals surface area contributed by atoms with Crippen LogP contribution in [0.25, 0.3) is 11.4 Å². The van der Waals surface area contributed by atoms with Gasteiger partial charge >= 0.3 is 11.7 Å². The molecule has 0 spiro atoms. The Labute approximate surface area is 224 Å². The number of nitro benzene ring substituents is 1. The fraction of sp³-hybridized carbons (Fsp3) is 0.250. The van der Waals surface area contributed by atoms with Crippen molar-refractivity contribution >= 4 is 17.6 Å². The third kappa shape index (κ3) is 6.15. The Hall–Kier alpha value is -4.93. The molecule has 1 saturated heterocycles. The van der Waals surface area contributed by atoms with E-state index in [1.807, 2.05) is 65.6 Å². The number of benzene rings is 3. The average molecular weight is 530 g/mol. The smallest absolute Gasteiger partial charge is 0.324 e. The van der Waals surface area contributed by atoms with Crippen LogP contribution >= 0.6 is 0 Å². The van der Waals surface area contributed by atoms with Crippen LogP contribution in [-0.4, -0.2) is 52.1 Å². The number of carbonyl (C=O) groups is 1. The zero-order valence-corrected chi connectivity index (χ0v) is 21.4. The van der Waals surface area contributed by atoms with Crippen molar-refractivity contribution in [3.8, 4) is 22.9 Å². The SMILES string of the molecule is CC(=O)N1CCN(c2nc(-c3cc(OCc4ccccc4)c(OCc4ccccc4)c([N+](=O)[O-])c3)no2)CC1. The van der Waals surface area contributed by atoms with Gasteiger partial charge < -0.3 is 23.8 Å². The summed E-state index contributed by atoms with van der Waals surface area (Å²) in [7, 11) is 0. The maximum absolute atomic E-state index is 12.1. The molecule has 4 aromatic rings. The highest BCUT2D eigenvalue weighted by molar-refractivity contribution is 5.73. The van der Waals surface area contributed by atoms with Gasteiger partial charge in [0, 0.05) is 44.7 Å². The Morgan fingerprint density at radius 2 is 1.56 bits per heavy atom. The molecule has 0 atom stereocenters. The van der Waals surface area contributed by atoms with Crippen LogP contribution in [0.5, 0.6) is 11.5 Å². The zero-order chi connectivity index (χ0) is 27.2. The first-order valence-corrected chi connectivity index (χ1v) is 12.5. The van der Waals surface area contributed by atoms with Crippen LogP contribution in [0.2, 0.25) is 0 Å². The molecule has 200 valence electrons. The number of hydrogen-bond donors (Lipinski definition) is 0. The molecule has 0 aliphatic carbocycles. The van der Waals surface area contributed by atoms with Gasteiger partial charge in [-0.2, -0.15) is 4.98 Å². The predicted molar refractivity (Wildman–Crippen MR) is 142 cm³/mol. The van der Waals surface area contributed by atoms with Crippen LogP contribution in [0, 0.1) is 10.1 Å². The molecule has 0 bridgehead atoms. The van der Waals surface area contributed by atoms with E-state index in [0.29, 0.717) is 31.7 Å². The number of nitrogens with zero attached hydrogens (tertiary/aromatic N) is 5. The van der Waals surface area contributed by atoms with Crippen molar-refractivity contribution in [2.75, 3.05) is 31.1 Å². The summed E-state index contributed by atoms with van der Waals surface area (Å²) in [5.41, 5.74) is 1.84. The quantitative estimate of drug-likeness (QED) is 0.228. The average Bonchev–Trinajstić information content (AvgIpc) is 3.46. The van der Waals surface area contributed by atoms with E-state index in [0.717, 1.165) is 11.1 Å². The highest BCUT2D eigenvalue weighted by atomic mass is 16.6. The molecular weight excluding hydrogens is 502 g/mol. The molecule has 2 heterocycles. The number of amides is 1. The molecule has 1 fully saturated rings. The largest absolute Gasteiger partial charge is 0.485 e. The fourth-order valence-electron chi connectivity index (χ4n) is 4.24. The second-order valence-corrected chi connectivity index (χ2v) is 9.02. The minimum absolute atomic E-state index is 0.0192. The third-order valence-electron chi connectivity index (χ3n) is 6.36. The first kappa shape index (κ1) is 25.7. The van der Waals surface area contributed by atoms with E-state index in [4.69, 9.17) is 14.0 Å². The lowest BCUT2D eigenvalue weighted by molar-refractivity contribution is -0.386. The Balaban J connectivity index is 1.45. The monoisotopic (exact) mass is 529 g/mol. The minimum atomic E-state index is -0.513. The van der Waals surface area contributed by atoms with Crippen molar-refractivity contribution in [1.82, 2.24) is 15.0 Å². The maximum Gasteiger partial charge on any atom is 0.324 e. The predicted octanol–water partition coefficient (Wildman–Crippen LogP) is 4.47. The molecule has 1 amide bonds. The van der Waals surface area contributed by atoms with E-state index in [1.165, 1.54) is 13.0 Å². The molecule has 11 heteroatoms. The second kappa shape index (κ2) is 11.6. The van der Waals surface area contributed by atoms with Crippen molar-refractivity contribution in [3.63, 3.8) is 0 Å². The summed E-state index contributed by atoms with van der Waals surface area (Å²) in [5.74, 6) is 0.417. The minimum Gasteiger partial charge on any atom is -0.485 e. The first-order chi connectivity index (χ1) is 19.0. The van der Waals surface area contributed by atoms with Crippen molar-refractivity contribution in [1.29, 1.82) is 0 Å². The molecule has 5 rings (SSSR count). The van der Waals surface area contributed by atoms with Gasteiger partial charge in [0.05, 0.1) is 4.92 Å². The highest BCUT2D eigenvalue weighted by Gasteiger charge is 2.27. The van der Waals surface area contributed by atoms with Crippen LogP contribution in [0.1, 0.15) is 18.1 Å². The second-order valence-electron chi connectivity index (χ2n) is 9.02. The molecule has 11 nitrogen and oxygen atoms in total. The van der Waals surface area contributed by atoms with Gasteiger partial charge in [-0.05, 0) is 17.2 Å². The third-order valence-corrected chi connectivity index (χ3v) is 6.36. The van der Waals surface area contributed by atoms with E-state index < -0.39 is 4.92 Å². The van der Waals surface area contributed by atoms with E-state index in [9.17, 15) is 14.9 Å². The highest BCUT2D eigenvalue weighted by Crippen LogP contribution is 2.42. The number of ether oxygens (including phenoxy) is 2. The molecule has 1 aromatic heterocycles. The summed E-state index contributed by atoms with van der Waals surface area (Å²) in [5, 5.41) is 16.2. The summed E-state index contributed by atoms with van der Waals surface area (Å²) in [4.78, 5) is 31.4. The van der Waals surface area contributed by atoms with Crippen LogP contribution < -0.4 is 14.4 Å². The van der Waals surface area contributed by atoms with Gasteiger partial charge in [-0.1, -0.05) is 65.8 Å². The lowest BCUT2D eigenvalue weighted by atomic mass is 10.1. The normalized spacial score (nSPS) is 13.3. The van der Waals surface area contributed by atoms with Gasteiger partial charge in [0.1, 0.15) is 13.2 Å². The molecule has 0 unspecified atom stereocenters. The molecular formula is C28H27N5O6. The van der Waals surface area contributed by atoms with Crippen molar-refractivity contribution < 1.29 is 23.7 Å². The van der Waals surface area contributed by atoms with E-state index in [-0.39, 0.29) is 48.1 Å². The van der Waals surface area contributed by atoms with Crippen LogP contribution in [0.3, 0.4) is 0 Å². The number of piperazine rings is 1. The van der Waals surface area contributed by atoms with Crippen LogP contribution in [0.15, 0.2) is 77.3 Å². The molecule has 0 saturated carbocycles. The summed E-state index contributed by atoms with van der Waals surface area (Å²) in [6.45, 7) is 4.02. The summed E-state index contributed by atoms with van der Waals surface area (Å²) >= 11 is 0. The number of carbonyl (C=O) groups excluding carboxylic acids is 1. The van der Waals surface area contributed by atoms with Gasteiger partial charge in [0.25, 0.3) is 0 Å². The van der Waals surface area contributed by atoms with Gasteiger partial charge in [0.15, 0.2) is 5.75 Å². The molecule has 0 radical (unpaired) electrons. The maximum atomic E-state index is 12.1. The van der Waals surface area contributed by atoms with Gasteiger partial charge in [-0.25, -0.2) is 0 Å². The van der Waals surface area contributed by atoms with E-state index >= 15 is 0 Å². The Morgan fingerprint density at radius 1 is 0.949 bits per heavy atom. The Kier molecular flexibility index (Phi) is 7.67. The van der Waals surface area contributed by atoms with Crippen molar-refractivity contribution in [2.45, 2.75) is 20.1 Å². The van der Waals surface area contributed by atoms with Crippen molar-refractivity contribution in [3.05, 3.63) is 94.0 Å².